The van der Waals surface area contributed by atoms with Gasteiger partial charge in [0.05, 0.1) is 18.2 Å². The van der Waals surface area contributed by atoms with Gasteiger partial charge in [0.15, 0.2) is 0 Å². The number of amides is 1. The van der Waals surface area contributed by atoms with E-state index in [2.05, 4.69) is 10.1 Å². The molecule has 6 heteroatoms. The molecule has 2 heterocycles. The van der Waals surface area contributed by atoms with Crippen LogP contribution in [0.3, 0.4) is 0 Å². The molecule has 1 aliphatic heterocycles. The van der Waals surface area contributed by atoms with Gasteiger partial charge in [0, 0.05) is 44.4 Å². The smallest absolute Gasteiger partial charge is 0.227 e. The van der Waals surface area contributed by atoms with Crippen molar-refractivity contribution in [3.05, 3.63) is 47.9 Å². The normalized spacial score (nSPS) is 15.6. The summed E-state index contributed by atoms with van der Waals surface area (Å²) < 4.78 is 10.7. The highest BCUT2D eigenvalue weighted by molar-refractivity contribution is 5.79. The van der Waals surface area contributed by atoms with Crippen LogP contribution in [0.4, 0.5) is 0 Å². The van der Waals surface area contributed by atoms with E-state index in [1.165, 1.54) is 0 Å². The van der Waals surface area contributed by atoms with Gasteiger partial charge in [-0.1, -0.05) is 23.4 Å². The molecule has 0 spiro atoms. The average molecular weight is 343 g/mol. The third-order valence-electron chi connectivity index (χ3n) is 4.28. The van der Waals surface area contributed by atoms with Crippen molar-refractivity contribution in [1.29, 1.82) is 0 Å². The Morgan fingerprint density at radius 3 is 2.64 bits per heavy atom. The van der Waals surface area contributed by atoms with E-state index in [1.54, 1.807) is 6.26 Å². The first-order valence-corrected chi connectivity index (χ1v) is 8.76. The lowest BCUT2D eigenvalue weighted by Gasteiger charge is -2.34. The monoisotopic (exact) mass is 343 g/mol. The number of ether oxygens (including phenoxy) is 1. The van der Waals surface area contributed by atoms with Gasteiger partial charge in [0.2, 0.25) is 5.91 Å². The second kappa shape index (κ2) is 8.16. The van der Waals surface area contributed by atoms with Gasteiger partial charge in [-0.25, -0.2) is 0 Å². The molecule has 134 valence electrons. The molecular weight excluding hydrogens is 318 g/mol. The summed E-state index contributed by atoms with van der Waals surface area (Å²) in [6.07, 6.45) is 2.06. The van der Waals surface area contributed by atoms with E-state index < -0.39 is 0 Å². The lowest BCUT2D eigenvalue weighted by atomic mass is 10.1. The Balaban J connectivity index is 1.53. The third-order valence-corrected chi connectivity index (χ3v) is 4.28. The number of piperazine rings is 1. The Kier molecular flexibility index (Phi) is 5.71. The van der Waals surface area contributed by atoms with Crippen molar-refractivity contribution < 1.29 is 14.1 Å². The van der Waals surface area contributed by atoms with E-state index in [-0.39, 0.29) is 12.0 Å². The molecule has 0 saturated carbocycles. The van der Waals surface area contributed by atoms with E-state index in [0.717, 1.165) is 49.7 Å². The molecule has 1 aliphatic rings. The summed E-state index contributed by atoms with van der Waals surface area (Å²) in [7, 11) is 0. The molecule has 0 radical (unpaired) electrons. The van der Waals surface area contributed by atoms with Gasteiger partial charge in [-0.3, -0.25) is 9.69 Å². The molecule has 0 N–H and O–H groups in total. The van der Waals surface area contributed by atoms with Gasteiger partial charge in [-0.15, -0.1) is 0 Å². The first kappa shape index (κ1) is 17.5. The molecule has 0 bridgehead atoms. The Bertz CT molecular complexity index is 677. The molecule has 3 rings (SSSR count). The zero-order chi connectivity index (χ0) is 17.6. The number of aromatic nitrogens is 1. The van der Waals surface area contributed by atoms with E-state index in [9.17, 15) is 4.79 Å². The average Bonchev–Trinajstić information content (AvgIpc) is 3.10. The molecule has 1 saturated heterocycles. The number of para-hydroxylation sites is 1. The fourth-order valence-electron chi connectivity index (χ4n) is 3.00. The maximum absolute atomic E-state index is 12.7. The summed E-state index contributed by atoms with van der Waals surface area (Å²) in [5.41, 5.74) is 1.88. The highest BCUT2D eigenvalue weighted by Gasteiger charge is 2.22. The van der Waals surface area contributed by atoms with Crippen LogP contribution in [0.1, 0.15) is 25.1 Å². The standard InChI is InChI=1S/C19H25N3O3/c1-15(2)25-18-6-4-3-5-16(18)13-19(23)22-10-8-21(9-11-22)14-17-7-12-24-20-17/h3-7,12,15H,8-11,13-14H2,1-2H3. The number of carbonyl (C=O) groups excluding carboxylic acids is 1. The predicted molar refractivity (Wildman–Crippen MR) is 94.3 cm³/mol. The van der Waals surface area contributed by atoms with Crippen molar-refractivity contribution in [2.45, 2.75) is 32.9 Å². The zero-order valence-electron chi connectivity index (χ0n) is 14.9. The fourth-order valence-corrected chi connectivity index (χ4v) is 3.00. The minimum absolute atomic E-state index is 0.0938. The van der Waals surface area contributed by atoms with Crippen LogP contribution in [0.5, 0.6) is 5.75 Å². The Morgan fingerprint density at radius 2 is 1.96 bits per heavy atom. The summed E-state index contributed by atoms with van der Waals surface area (Å²) in [6, 6.07) is 9.66. The van der Waals surface area contributed by atoms with Crippen molar-refractivity contribution in [1.82, 2.24) is 15.0 Å². The fraction of sp³-hybridized carbons (Fsp3) is 0.474. The molecule has 0 atom stereocenters. The molecule has 1 fully saturated rings. The molecule has 0 unspecified atom stereocenters. The summed E-state index contributed by atoms with van der Waals surface area (Å²) in [5, 5.41) is 3.94. The second-order valence-corrected chi connectivity index (χ2v) is 6.60. The molecule has 2 aromatic rings. The van der Waals surface area contributed by atoms with Crippen LogP contribution in [0, 0.1) is 0 Å². The molecular formula is C19H25N3O3. The Morgan fingerprint density at radius 1 is 1.20 bits per heavy atom. The molecule has 1 aromatic carbocycles. The lowest BCUT2D eigenvalue weighted by Crippen LogP contribution is -2.48. The lowest BCUT2D eigenvalue weighted by molar-refractivity contribution is -0.132. The summed E-state index contributed by atoms with van der Waals surface area (Å²) >= 11 is 0. The number of hydrogen-bond donors (Lipinski definition) is 0. The summed E-state index contributed by atoms with van der Waals surface area (Å²) in [4.78, 5) is 16.9. The van der Waals surface area contributed by atoms with Crippen LogP contribution in [0.15, 0.2) is 41.1 Å². The van der Waals surface area contributed by atoms with Crippen LogP contribution >= 0.6 is 0 Å². The van der Waals surface area contributed by atoms with Crippen LogP contribution in [0.25, 0.3) is 0 Å². The van der Waals surface area contributed by atoms with Gasteiger partial charge in [0.25, 0.3) is 0 Å². The molecule has 1 amide bonds. The second-order valence-electron chi connectivity index (χ2n) is 6.60. The number of nitrogens with zero attached hydrogens (tertiary/aromatic N) is 3. The van der Waals surface area contributed by atoms with Crippen LogP contribution in [-0.2, 0) is 17.8 Å². The predicted octanol–water partition coefficient (Wildman–Crippen LogP) is 2.35. The maximum Gasteiger partial charge on any atom is 0.227 e. The first-order valence-electron chi connectivity index (χ1n) is 8.76. The minimum Gasteiger partial charge on any atom is -0.491 e. The number of benzene rings is 1. The Labute approximate surface area is 148 Å². The van der Waals surface area contributed by atoms with Gasteiger partial charge >= 0.3 is 0 Å². The van der Waals surface area contributed by atoms with Crippen molar-refractivity contribution in [3.63, 3.8) is 0 Å². The topological polar surface area (TPSA) is 58.8 Å². The van der Waals surface area contributed by atoms with Crippen molar-refractivity contribution in [3.8, 4) is 5.75 Å². The van der Waals surface area contributed by atoms with E-state index in [4.69, 9.17) is 9.26 Å². The Hall–Kier alpha value is -2.34. The largest absolute Gasteiger partial charge is 0.491 e. The first-order chi connectivity index (χ1) is 12.1. The highest BCUT2D eigenvalue weighted by atomic mass is 16.5. The number of hydrogen-bond acceptors (Lipinski definition) is 5. The summed E-state index contributed by atoms with van der Waals surface area (Å²) in [5.74, 6) is 0.955. The van der Waals surface area contributed by atoms with Crippen molar-refractivity contribution >= 4 is 5.91 Å². The maximum atomic E-state index is 12.7. The molecule has 25 heavy (non-hydrogen) atoms. The van der Waals surface area contributed by atoms with Crippen LogP contribution in [0.2, 0.25) is 0 Å². The molecule has 1 aromatic heterocycles. The van der Waals surface area contributed by atoms with Crippen molar-refractivity contribution in [2.75, 3.05) is 26.2 Å². The van der Waals surface area contributed by atoms with Crippen LogP contribution < -0.4 is 4.74 Å². The third kappa shape index (κ3) is 4.82. The SMILES string of the molecule is CC(C)Oc1ccccc1CC(=O)N1CCN(Cc2ccon2)CC1. The molecule has 6 nitrogen and oxygen atoms in total. The van der Waals surface area contributed by atoms with Gasteiger partial charge in [-0.2, -0.15) is 0 Å². The van der Waals surface area contributed by atoms with E-state index in [1.807, 2.05) is 49.1 Å². The van der Waals surface area contributed by atoms with E-state index in [0.29, 0.717) is 6.42 Å². The van der Waals surface area contributed by atoms with Gasteiger partial charge < -0.3 is 14.2 Å². The zero-order valence-corrected chi connectivity index (χ0v) is 14.9. The quantitative estimate of drug-likeness (QED) is 0.806. The summed E-state index contributed by atoms with van der Waals surface area (Å²) in [6.45, 7) is 7.93. The molecule has 0 aliphatic carbocycles. The van der Waals surface area contributed by atoms with Gasteiger partial charge in [-0.05, 0) is 19.9 Å². The number of rotatable bonds is 6. The highest BCUT2D eigenvalue weighted by Crippen LogP contribution is 2.21. The number of carbonyl (C=O) groups is 1. The van der Waals surface area contributed by atoms with E-state index >= 15 is 0 Å². The minimum atomic E-state index is 0.0938. The van der Waals surface area contributed by atoms with Gasteiger partial charge in [0.1, 0.15) is 12.0 Å². The van der Waals surface area contributed by atoms with Crippen LogP contribution in [-0.4, -0.2) is 53.1 Å². The van der Waals surface area contributed by atoms with Crippen molar-refractivity contribution in [2.24, 2.45) is 0 Å².